The first-order valence-corrected chi connectivity index (χ1v) is 6.11. The van der Waals surface area contributed by atoms with Crippen LogP contribution in [0.1, 0.15) is 39.5 Å². The van der Waals surface area contributed by atoms with Crippen LogP contribution in [-0.2, 0) is 4.79 Å². The molecule has 0 aromatic carbocycles. The van der Waals surface area contributed by atoms with Crippen LogP contribution in [0.25, 0.3) is 0 Å². The molecule has 1 aliphatic heterocycles. The molecule has 2 N–H and O–H groups in total. The second-order valence-electron chi connectivity index (χ2n) is 5.22. The molecule has 0 spiro atoms. The summed E-state index contributed by atoms with van der Waals surface area (Å²) in [5.74, 6) is 0.0981. The summed E-state index contributed by atoms with van der Waals surface area (Å²) in [7, 11) is 1.77. The molecule has 1 fully saturated rings. The summed E-state index contributed by atoms with van der Waals surface area (Å²) in [5.41, 5.74) is -0.481. The van der Waals surface area contributed by atoms with E-state index in [1.165, 1.54) is 6.42 Å². The SMILES string of the molecule is CN(C(=O)C1CCCCCN1)C(C)(C)CO. The summed E-state index contributed by atoms with van der Waals surface area (Å²) in [5, 5.41) is 12.5. The molecule has 1 aliphatic rings. The van der Waals surface area contributed by atoms with E-state index in [1.807, 2.05) is 13.8 Å². The third-order valence-corrected chi connectivity index (χ3v) is 3.48. The van der Waals surface area contributed by atoms with Crippen molar-refractivity contribution in [3.63, 3.8) is 0 Å². The van der Waals surface area contributed by atoms with Crippen LogP contribution < -0.4 is 5.32 Å². The van der Waals surface area contributed by atoms with Crippen molar-refractivity contribution in [2.45, 2.75) is 51.1 Å². The monoisotopic (exact) mass is 228 g/mol. The maximum absolute atomic E-state index is 12.2. The molecule has 1 unspecified atom stereocenters. The van der Waals surface area contributed by atoms with E-state index < -0.39 is 5.54 Å². The summed E-state index contributed by atoms with van der Waals surface area (Å²) in [4.78, 5) is 13.9. The maximum atomic E-state index is 12.2. The maximum Gasteiger partial charge on any atom is 0.239 e. The van der Waals surface area contributed by atoms with Crippen molar-refractivity contribution >= 4 is 5.91 Å². The van der Waals surface area contributed by atoms with Gasteiger partial charge in [0.2, 0.25) is 5.91 Å². The van der Waals surface area contributed by atoms with Crippen LogP contribution in [0.15, 0.2) is 0 Å². The van der Waals surface area contributed by atoms with Gasteiger partial charge in [-0.1, -0.05) is 12.8 Å². The molecule has 1 atom stereocenters. The van der Waals surface area contributed by atoms with Crippen LogP contribution in [0, 0.1) is 0 Å². The minimum Gasteiger partial charge on any atom is -0.394 e. The van der Waals surface area contributed by atoms with Gasteiger partial charge in [-0.05, 0) is 33.2 Å². The molecule has 1 rings (SSSR count). The third kappa shape index (κ3) is 3.19. The number of amides is 1. The number of rotatable bonds is 3. The first-order chi connectivity index (χ1) is 7.49. The van der Waals surface area contributed by atoms with Crippen molar-refractivity contribution in [1.29, 1.82) is 0 Å². The Hall–Kier alpha value is -0.610. The van der Waals surface area contributed by atoms with Gasteiger partial charge < -0.3 is 15.3 Å². The molecule has 16 heavy (non-hydrogen) atoms. The lowest BCUT2D eigenvalue weighted by Crippen LogP contribution is -2.54. The lowest BCUT2D eigenvalue weighted by molar-refractivity contribution is -0.138. The van der Waals surface area contributed by atoms with Gasteiger partial charge in [0.05, 0.1) is 18.2 Å². The Morgan fingerprint density at radius 2 is 2.12 bits per heavy atom. The molecule has 0 aromatic heterocycles. The van der Waals surface area contributed by atoms with E-state index in [-0.39, 0.29) is 18.6 Å². The highest BCUT2D eigenvalue weighted by Gasteiger charge is 2.31. The van der Waals surface area contributed by atoms with Crippen molar-refractivity contribution in [1.82, 2.24) is 10.2 Å². The number of hydrogen-bond acceptors (Lipinski definition) is 3. The highest BCUT2D eigenvalue weighted by atomic mass is 16.3. The zero-order chi connectivity index (χ0) is 12.2. The van der Waals surface area contributed by atoms with Gasteiger partial charge in [-0.2, -0.15) is 0 Å². The van der Waals surface area contributed by atoms with Gasteiger partial charge in [0.1, 0.15) is 0 Å². The van der Waals surface area contributed by atoms with Gasteiger partial charge in [0.15, 0.2) is 0 Å². The highest BCUT2D eigenvalue weighted by Crippen LogP contribution is 2.16. The van der Waals surface area contributed by atoms with Crippen molar-refractivity contribution in [3.05, 3.63) is 0 Å². The summed E-state index contributed by atoms with van der Waals surface area (Å²) in [6.45, 7) is 4.66. The first-order valence-electron chi connectivity index (χ1n) is 6.11. The number of aliphatic hydroxyl groups is 1. The molecule has 1 amide bonds. The highest BCUT2D eigenvalue weighted by molar-refractivity contribution is 5.82. The minimum atomic E-state index is -0.481. The predicted octanol–water partition coefficient (Wildman–Crippen LogP) is 0.748. The van der Waals surface area contributed by atoms with Gasteiger partial charge >= 0.3 is 0 Å². The van der Waals surface area contributed by atoms with Gasteiger partial charge in [-0.3, -0.25) is 4.79 Å². The van der Waals surface area contributed by atoms with E-state index in [0.29, 0.717) is 0 Å². The number of carbonyl (C=O) groups is 1. The fraction of sp³-hybridized carbons (Fsp3) is 0.917. The van der Waals surface area contributed by atoms with Gasteiger partial charge in [-0.15, -0.1) is 0 Å². The summed E-state index contributed by atoms with van der Waals surface area (Å²) < 4.78 is 0. The van der Waals surface area contributed by atoms with E-state index in [9.17, 15) is 9.90 Å². The molecule has 0 bridgehead atoms. The molecular weight excluding hydrogens is 204 g/mol. The Morgan fingerprint density at radius 1 is 1.44 bits per heavy atom. The van der Waals surface area contributed by atoms with Crippen molar-refractivity contribution in [3.8, 4) is 0 Å². The lowest BCUT2D eigenvalue weighted by Gasteiger charge is -2.36. The predicted molar refractivity (Wildman–Crippen MR) is 64.2 cm³/mol. The number of likely N-dealkylation sites (N-methyl/N-ethyl adjacent to an activating group) is 1. The van der Waals surface area contributed by atoms with Crippen molar-refractivity contribution < 1.29 is 9.90 Å². The van der Waals surface area contributed by atoms with E-state index in [4.69, 9.17) is 0 Å². The smallest absolute Gasteiger partial charge is 0.239 e. The fourth-order valence-corrected chi connectivity index (χ4v) is 1.88. The second kappa shape index (κ2) is 5.64. The van der Waals surface area contributed by atoms with E-state index in [2.05, 4.69) is 5.32 Å². The Morgan fingerprint density at radius 3 is 2.75 bits per heavy atom. The van der Waals surface area contributed by atoms with E-state index in [0.717, 1.165) is 25.8 Å². The molecule has 0 radical (unpaired) electrons. The van der Waals surface area contributed by atoms with Gasteiger partial charge in [0.25, 0.3) is 0 Å². The summed E-state index contributed by atoms with van der Waals surface area (Å²) >= 11 is 0. The minimum absolute atomic E-state index is 0.0119. The molecule has 4 heteroatoms. The molecule has 0 saturated carbocycles. The second-order valence-corrected chi connectivity index (χ2v) is 5.22. The van der Waals surface area contributed by atoms with Gasteiger partial charge in [-0.25, -0.2) is 0 Å². The standard InChI is InChI=1S/C12H24N2O2/c1-12(2,9-15)14(3)11(16)10-7-5-4-6-8-13-10/h10,13,15H,4-9H2,1-3H3. The van der Waals surface area contributed by atoms with Crippen molar-refractivity contribution in [2.24, 2.45) is 0 Å². The van der Waals surface area contributed by atoms with Crippen LogP contribution in [-0.4, -0.2) is 47.7 Å². The van der Waals surface area contributed by atoms with Crippen molar-refractivity contribution in [2.75, 3.05) is 20.2 Å². The first kappa shape index (κ1) is 13.5. The number of aliphatic hydroxyl groups excluding tert-OH is 1. The van der Waals surface area contributed by atoms with E-state index >= 15 is 0 Å². The molecule has 1 saturated heterocycles. The zero-order valence-electron chi connectivity index (χ0n) is 10.6. The number of nitrogens with one attached hydrogen (secondary N) is 1. The Bertz CT molecular complexity index is 233. The average Bonchev–Trinajstić information content (AvgIpc) is 2.55. The molecule has 94 valence electrons. The van der Waals surface area contributed by atoms with Gasteiger partial charge in [0, 0.05) is 7.05 Å². The number of carbonyl (C=O) groups excluding carboxylic acids is 1. The van der Waals surface area contributed by atoms with Crippen LogP contribution >= 0.6 is 0 Å². The molecular formula is C12H24N2O2. The average molecular weight is 228 g/mol. The topological polar surface area (TPSA) is 52.6 Å². The largest absolute Gasteiger partial charge is 0.394 e. The summed E-state index contributed by atoms with van der Waals surface area (Å²) in [6.07, 6.45) is 4.36. The number of hydrogen-bond donors (Lipinski definition) is 2. The molecule has 0 aliphatic carbocycles. The van der Waals surface area contributed by atoms with Crippen LogP contribution in [0.3, 0.4) is 0 Å². The molecule has 0 aromatic rings. The quantitative estimate of drug-likeness (QED) is 0.749. The molecule has 4 nitrogen and oxygen atoms in total. The van der Waals surface area contributed by atoms with E-state index in [1.54, 1.807) is 11.9 Å². The number of nitrogens with zero attached hydrogens (tertiary/aromatic N) is 1. The zero-order valence-corrected chi connectivity index (χ0v) is 10.6. The normalized spacial score (nSPS) is 22.6. The van der Waals surface area contributed by atoms with Crippen LogP contribution in [0.5, 0.6) is 0 Å². The lowest BCUT2D eigenvalue weighted by atomic mass is 10.0. The Kier molecular flexibility index (Phi) is 4.74. The summed E-state index contributed by atoms with van der Waals surface area (Å²) in [6, 6.07) is -0.0710. The third-order valence-electron chi connectivity index (χ3n) is 3.48. The molecule has 1 heterocycles. The Balaban J connectivity index is 2.61. The van der Waals surface area contributed by atoms with Crippen LogP contribution in [0.4, 0.5) is 0 Å². The fourth-order valence-electron chi connectivity index (χ4n) is 1.88. The Labute approximate surface area is 98.0 Å². The van der Waals surface area contributed by atoms with Crippen LogP contribution in [0.2, 0.25) is 0 Å².